The van der Waals surface area contributed by atoms with Crippen molar-refractivity contribution in [3.63, 3.8) is 0 Å². The van der Waals surface area contributed by atoms with Crippen molar-refractivity contribution >= 4 is 27.7 Å². The standard InChI is InChI=1S/C16H17BrN2O2/c1-10-7-8-14(13(17)9-10)21-12(3)16(20)19-15-6-4-5-11(2)18-15/h4-9,12H,1-3H3,(H,18,19,20). The number of ether oxygens (including phenoxy) is 1. The van der Waals surface area contributed by atoms with E-state index in [-0.39, 0.29) is 5.91 Å². The number of amides is 1. The van der Waals surface area contributed by atoms with Gasteiger partial charge >= 0.3 is 0 Å². The van der Waals surface area contributed by atoms with E-state index < -0.39 is 6.10 Å². The van der Waals surface area contributed by atoms with E-state index in [0.717, 1.165) is 15.7 Å². The molecule has 2 aromatic rings. The van der Waals surface area contributed by atoms with Crippen LogP contribution >= 0.6 is 15.9 Å². The summed E-state index contributed by atoms with van der Waals surface area (Å²) >= 11 is 3.43. The Hall–Kier alpha value is -1.88. The fraction of sp³-hybridized carbons (Fsp3) is 0.250. The van der Waals surface area contributed by atoms with Gasteiger partial charge in [-0.2, -0.15) is 0 Å². The van der Waals surface area contributed by atoms with Gasteiger partial charge in [0.15, 0.2) is 6.10 Å². The Bertz CT molecular complexity index is 658. The van der Waals surface area contributed by atoms with Gasteiger partial charge in [-0.25, -0.2) is 4.98 Å². The first kappa shape index (κ1) is 15.5. The molecule has 0 spiro atoms. The summed E-state index contributed by atoms with van der Waals surface area (Å²) in [6.07, 6.45) is -0.619. The molecule has 0 aliphatic carbocycles. The molecule has 0 bridgehead atoms. The van der Waals surface area contributed by atoms with Gasteiger partial charge in [0.2, 0.25) is 0 Å². The number of aromatic nitrogens is 1. The number of hydrogen-bond acceptors (Lipinski definition) is 3. The predicted molar refractivity (Wildman–Crippen MR) is 86.6 cm³/mol. The van der Waals surface area contributed by atoms with Crippen molar-refractivity contribution in [2.75, 3.05) is 5.32 Å². The van der Waals surface area contributed by atoms with Gasteiger partial charge in [0.25, 0.3) is 5.91 Å². The number of nitrogens with one attached hydrogen (secondary N) is 1. The van der Waals surface area contributed by atoms with Gasteiger partial charge in [0.05, 0.1) is 4.47 Å². The van der Waals surface area contributed by atoms with Crippen molar-refractivity contribution in [1.82, 2.24) is 4.98 Å². The van der Waals surface area contributed by atoms with Gasteiger partial charge in [-0.05, 0) is 66.5 Å². The second kappa shape index (κ2) is 6.72. The Labute approximate surface area is 132 Å². The molecule has 1 aromatic carbocycles. The van der Waals surface area contributed by atoms with E-state index in [0.29, 0.717) is 11.6 Å². The van der Waals surface area contributed by atoms with Crippen LogP contribution < -0.4 is 10.1 Å². The fourth-order valence-corrected chi connectivity index (χ4v) is 2.37. The lowest BCUT2D eigenvalue weighted by atomic mass is 10.2. The van der Waals surface area contributed by atoms with Gasteiger partial charge in [-0.1, -0.05) is 12.1 Å². The molecular weight excluding hydrogens is 332 g/mol. The van der Waals surface area contributed by atoms with Crippen LogP contribution in [0.2, 0.25) is 0 Å². The summed E-state index contributed by atoms with van der Waals surface area (Å²) in [6, 6.07) is 11.2. The second-order valence-corrected chi connectivity index (χ2v) is 5.70. The normalized spacial score (nSPS) is 11.8. The van der Waals surface area contributed by atoms with Crippen molar-refractivity contribution in [3.8, 4) is 5.75 Å². The summed E-state index contributed by atoms with van der Waals surface area (Å²) in [4.78, 5) is 16.3. The van der Waals surface area contributed by atoms with Gasteiger partial charge in [0.1, 0.15) is 11.6 Å². The molecule has 0 radical (unpaired) electrons. The van der Waals surface area contributed by atoms with Crippen molar-refractivity contribution in [2.45, 2.75) is 26.9 Å². The minimum absolute atomic E-state index is 0.236. The summed E-state index contributed by atoms with van der Waals surface area (Å²) in [7, 11) is 0. The summed E-state index contributed by atoms with van der Waals surface area (Å²) in [5.41, 5.74) is 1.97. The molecule has 1 aromatic heterocycles. The largest absolute Gasteiger partial charge is 0.480 e. The molecule has 5 heteroatoms. The number of benzene rings is 1. The Balaban J connectivity index is 2.02. The maximum atomic E-state index is 12.1. The predicted octanol–water partition coefficient (Wildman–Crippen LogP) is 3.87. The van der Waals surface area contributed by atoms with Gasteiger partial charge in [-0.3, -0.25) is 4.79 Å². The SMILES string of the molecule is Cc1ccc(OC(C)C(=O)Nc2cccc(C)n2)c(Br)c1. The fourth-order valence-electron chi connectivity index (χ4n) is 1.79. The molecule has 1 unspecified atom stereocenters. The van der Waals surface area contributed by atoms with Crippen molar-refractivity contribution in [2.24, 2.45) is 0 Å². The highest BCUT2D eigenvalue weighted by Gasteiger charge is 2.16. The summed E-state index contributed by atoms with van der Waals surface area (Å²) in [5.74, 6) is 0.930. The van der Waals surface area contributed by atoms with Crippen LogP contribution in [0.15, 0.2) is 40.9 Å². The van der Waals surface area contributed by atoms with Crippen LogP contribution in [-0.4, -0.2) is 17.0 Å². The topological polar surface area (TPSA) is 51.2 Å². The van der Waals surface area contributed by atoms with Crippen LogP contribution in [0.3, 0.4) is 0 Å². The summed E-state index contributed by atoms with van der Waals surface area (Å²) in [5, 5.41) is 2.74. The third-order valence-electron chi connectivity index (χ3n) is 2.90. The van der Waals surface area contributed by atoms with E-state index in [1.54, 1.807) is 13.0 Å². The van der Waals surface area contributed by atoms with Crippen LogP contribution in [0.25, 0.3) is 0 Å². The quantitative estimate of drug-likeness (QED) is 0.912. The van der Waals surface area contributed by atoms with E-state index in [1.807, 2.05) is 44.2 Å². The van der Waals surface area contributed by atoms with Gasteiger partial charge < -0.3 is 10.1 Å². The van der Waals surface area contributed by atoms with E-state index >= 15 is 0 Å². The minimum Gasteiger partial charge on any atom is -0.480 e. The lowest BCUT2D eigenvalue weighted by molar-refractivity contribution is -0.122. The number of carbonyl (C=O) groups is 1. The molecule has 4 nitrogen and oxygen atoms in total. The monoisotopic (exact) mass is 348 g/mol. The minimum atomic E-state index is -0.619. The third kappa shape index (κ3) is 4.29. The zero-order valence-corrected chi connectivity index (χ0v) is 13.8. The zero-order chi connectivity index (χ0) is 15.4. The molecular formula is C16H17BrN2O2. The molecule has 0 saturated carbocycles. The molecule has 2 rings (SSSR count). The number of aryl methyl sites for hydroxylation is 2. The third-order valence-corrected chi connectivity index (χ3v) is 3.52. The van der Waals surface area contributed by atoms with Crippen molar-refractivity contribution in [1.29, 1.82) is 0 Å². The van der Waals surface area contributed by atoms with Crippen LogP contribution in [0.5, 0.6) is 5.75 Å². The number of carbonyl (C=O) groups excluding carboxylic acids is 1. The maximum Gasteiger partial charge on any atom is 0.266 e. The van der Waals surface area contributed by atoms with Gasteiger partial charge in [-0.15, -0.1) is 0 Å². The molecule has 0 aliphatic heterocycles. The van der Waals surface area contributed by atoms with Crippen LogP contribution in [-0.2, 0) is 4.79 Å². The first-order chi connectivity index (χ1) is 9.95. The average molecular weight is 349 g/mol. The van der Waals surface area contributed by atoms with Crippen molar-refractivity contribution < 1.29 is 9.53 Å². The number of hydrogen-bond donors (Lipinski definition) is 1. The van der Waals surface area contributed by atoms with Crippen LogP contribution in [0, 0.1) is 13.8 Å². The van der Waals surface area contributed by atoms with E-state index in [2.05, 4.69) is 26.2 Å². The number of halogens is 1. The van der Waals surface area contributed by atoms with E-state index in [1.165, 1.54) is 0 Å². The second-order valence-electron chi connectivity index (χ2n) is 4.85. The highest BCUT2D eigenvalue weighted by atomic mass is 79.9. The first-order valence-corrected chi connectivity index (χ1v) is 7.42. The Morgan fingerprint density at radius 1 is 1.29 bits per heavy atom. The molecule has 0 fully saturated rings. The molecule has 21 heavy (non-hydrogen) atoms. The molecule has 110 valence electrons. The lowest BCUT2D eigenvalue weighted by Crippen LogP contribution is -2.30. The smallest absolute Gasteiger partial charge is 0.266 e. The molecule has 0 saturated heterocycles. The first-order valence-electron chi connectivity index (χ1n) is 6.63. The maximum absolute atomic E-state index is 12.1. The Morgan fingerprint density at radius 3 is 2.71 bits per heavy atom. The summed E-state index contributed by atoms with van der Waals surface area (Å²) < 4.78 is 6.51. The Morgan fingerprint density at radius 2 is 2.05 bits per heavy atom. The number of rotatable bonds is 4. The Kier molecular flexibility index (Phi) is 4.96. The molecule has 1 N–H and O–H groups in total. The van der Waals surface area contributed by atoms with Gasteiger partial charge in [0, 0.05) is 5.69 Å². The highest BCUT2D eigenvalue weighted by Crippen LogP contribution is 2.26. The number of nitrogens with zero attached hydrogens (tertiary/aromatic N) is 1. The number of pyridine rings is 1. The lowest BCUT2D eigenvalue weighted by Gasteiger charge is -2.15. The molecule has 1 atom stereocenters. The highest BCUT2D eigenvalue weighted by molar-refractivity contribution is 9.10. The zero-order valence-electron chi connectivity index (χ0n) is 12.2. The number of anilines is 1. The average Bonchev–Trinajstić information content (AvgIpc) is 2.41. The molecule has 1 heterocycles. The van der Waals surface area contributed by atoms with Crippen LogP contribution in [0.1, 0.15) is 18.2 Å². The molecule has 1 amide bonds. The summed E-state index contributed by atoms with van der Waals surface area (Å²) in [6.45, 7) is 5.57. The van der Waals surface area contributed by atoms with E-state index in [4.69, 9.17) is 4.74 Å². The molecule has 0 aliphatic rings. The van der Waals surface area contributed by atoms with E-state index in [9.17, 15) is 4.79 Å². The van der Waals surface area contributed by atoms with Crippen LogP contribution in [0.4, 0.5) is 5.82 Å². The van der Waals surface area contributed by atoms with Crippen molar-refractivity contribution in [3.05, 3.63) is 52.1 Å².